The van der Waals surface area contributed by atoms with Crippen LogP contribution >= 0.6 is 11.6 Å². The number of rotatable bonds is 3. The van der Waals surface area contributed by atoms with Crippen molar-refractivity contribution in [3.05, 3.63) is 28.8 Å². The summed E-state index contributed by atoms with van der Waals surface area (Å²) in [6, 6.07) is 5.63. The molecule has 0 saturated carbocycles. The van der Waals surface area contributed by atoms with Crippen molar-refractivity contribution in [1.82, 2.24) is 0 Å². The molecule has 0 saturated heterocycles. The van der Waals surface area contributed by atoms with Crippen molar-refractivity contribution in [2.75, 3.05) is 0 Å². The van der Waals surface area contributed by atoms with Crippen LogP contribution in [0, 0.1) is 6.92 Å². The van der Waals surface area contributed by atoms with Crippen molar-refractivity contribution < 1.29 is 4.74 Å². The topological polar surface area (TPSA) is 35.2 Å². The van der Waals surface area contributed by atoms with Crippen LogP contribution < -0.4 is 10.5 Å². The van der Waals surface area contributed by atoms with Gasteiger partial charge in [0.25, 0.3) is 0 Å². The molecule has 2 atom stereocenters. The fourth-order valence-corrected chi connectivity index (χ4v) is 1.13. The van der Waals surface area contributed by atoms with Gasteiger partial charge in [-0.3, -0.25) is 0 Å². The summed E-state index contributed by atoms with van der Waals surface area (Å²) in [7, 11) is 0. The molecule has 0 fully saturated rings. The highest BCUT2D eigenvalue weighted by Gasteiger charge is 2.09. The molecule has 0 spiro atoms. The molecule has 1 rings (SSSR count). The van der Waals surface area contributed by atoms with Crippen molar-refractivity contribution in [3.8, 4) is 5.75 Å². The first-order valence-corrected chi connectivity index (χ1v) is 5.07. The normalized spacial score (nSPS) is 14.9. The Hall–Kier alpha value is -0.730. The van der Waals surface area contributed by atoms with Gasteiger partial charge < -0.3 is 10.5 Å². The van der Waals surface area contributed by atoms with E-state index < -0.39 is 0 Å². The molecule has 2 nitrogen and oxygen atoms in total. The highest BCUT2D eigenvalue weighted by molar-refractivity contribution is 6.31. The van der Waals surface area contributed by atoms with Gasteiger partial charge in [0, 0.05) is 11.1 Å². The second-order valence-electron chi connectivity index (χ2n) is 3.59. The first-order chi connectivity index (χ1) is 6.50. The Balaban J connectivity index is 2.73. The molecule has 2 N–H and O–H groups in total. The van der Waals surface area contributed by atoms with Gasteiger partial charge in [0.15, 0.2) is 0 Å². The highest BCUT2D eigenvalue weighted by atomic mass is 35.5. The summed E-state index contributed by atoms with van der Waals surface area (Å²) in [5.74, 6) is 0.816. The largest absolute Gasteiger partial charge is 0.489 e. The quantitative estimate of drug-likeness (QED) is 0.838. The van der Waals surface area contributed by atoms with Crippen LogP contribution in [-0.4, -0.2) is 12.1 Å². The Labute approximate surface area is 90.0 Å². The summed E-state index contributed by atoms with van der Waals surface area (Å²) in [4.78, 5) is 0. The molecule has 0 aliphatic carbocycles. The van der Waals surface area contributed by atoms with E-state index in [1.807, 2.05) is 39.0 Å². The minimum absolute atomic E-state index is 0.00979. The lowest BCUT2D eigenvalue weighted by atomic mass is 10.2. The van der Waals surface area contributed by atoms with Crippen molar-refractivity contribution in [2.24, 2.45) is 5.73 Å². The number of aryl methyl sites for hydroxylation is 1. The number of hydrogen-bond donors (Lipinski definition) is 1. The van der Waals surface area contributed by atoms with Gasteiger partial charge in [-0.1, -0.05) is 11.6 Å². The van der Waals surface area contributed by atoms with Gasteiger partial charge in [-0.25, -0.2) is 0 Å². The molecule has 1 aromatic rings. The second-order valence-corrected chi connectivity index (χ2v) is 4.00. The fraction of sp³-hybridized carbons (Fsp3) is 0.455. The SMILES string of the molecule is Cc1cc(OC(C)C(C)N)ccc1Cl. The first-order valence-electron chi connectivity index (χ1n) is 4.69. The summed E-state index contributed by atoms with van der Waals surface area (Å²) in [5.41, 5.74) is 6.72. The zero-order valence-electron chi connectivity index (χ0n) is 8.75. The van der Waals surface area contributed by atoms with Crippen LogP contribution in [-0.2, 0) is 0 Å². The average molecular weight is 214 g/mol. The third-order valence-corrected chi connectivity index (χ3v) is 2.62. The van der Waals surface area contributed by atoms with Crippen molar-refractivity contribution in [2.45, 2.75) is 32.9 Å². The Bertz CT molecular complexity index is 312. The molecule has 0 radical (unpaired) electrons. The van der Waals surface area contributed by atoms with Crippen LogP contribution in [0.1, 0.15) is 19.4 Å². The van der Waals surface area contributed by atoms with Gasteiger partial charge in [-0.05, 0) is 44.5 Å². The number of nitrogens with two attached hydrogens (primary N) is 1. The molecule has 0 heterocycles. The first kappa shape index (κ1) is 11.3. The van der Waals surface area contributed by atoms with E-state index in [4.69, 9.17) is 22.1 Å². The third kappa shape index (κ3) is 2.89. The maximum absolute atomic E-state index is 5.90. The molecule has 3 heteroatoms. The molecule has 0 aliphatic heterocycles. The van der Waals surface area contributed by atoms with Crippen LogP contribution in [0.15, 0.2) is 18.2 Å². The predicted octanol–water partition coefficient (Wildman–Crippen LogP) is 2.76. The average Bonchev–Trinajstić information content (AvgIpc) is 2.11. The molecular weight excluding hydrogens is 198 g/mol. The van der Waals surface area contributed by atoms with Crippen LogP contribution in [0.25, 0.3) is 0 Å². The molecule has 0 aliphatic rings. The van der Waals surface area contributed by atoms with Crippen molar-refractivity contribution >= 4 is 11.6 Å². The lowest BCUT2D eigenvalue weighted by Crippen LogP contribution is -2.33. The van der Waals surface area contributed by atoms with Crippen LogP contribution in [0.3, 0.4) is 0 Å². The summed E-state index contributed by atoms with van der Waals surface area (Å²) < 4.78 is 5.63. The molecule has 1 aromatic carbocycles. The molecule has 0 bridgehead atoms. The van der Waals surface area contributed by atoms with Gasteiger partial charge in [-0.2, -0.15) is 0 Å². The van der Waals surface area contributed by atoms with E-state index >= 15 is 0 Å². The number of benzene rings is 1. The van der Waals surface area contributed by atoms with Crippen molar-refractivity contribution in [1.29, 1.82) is 0 Å². The van der Waals surface area contributed by atoms with Crippen LogP contribution in [0.2, 0.25) is 5.02 Å². The summed E-state index contributed by atoms with van der Waals surface area (Å²) in [6.07, 6.45) is 0.00979. The molecule has 0 aromatic heterocycles. The number of ether oxygens (including phenoxy) is 1. The van der Waals surface area contributed by atoms with Gasteiger partial charge in [0.05, 0.1) is 0 Å². The van der Waals surface area contributed by atoms with E-state index in [1.165, 1.54) is 0 Å². The maximum Gasteiger partial charge on any atom is 0.120 e. The smallest absolute Gasteiger partial charge is 0.120 e. The summed E-state index contributed by atoms with van der Waals surface area (Å²) in [5, 5.41) is 0.755. The van der Waals surface area contributed by atoms with Gasteiger partial charge >= 0.3 is 0 Å². The van der Waals surface area contributed by atoms with E-state index in [2.05, 4.69) is 0 Å². The fourth-order valence-electron chi connectivity index (χ4n) is 1.01. The maximum atomic E-state index is 5.90. The standard InChI is InChI=1S/C11H16ClNO/c1-7-6-10(4-5-11(7)12)14-9(3)8(2)13/h4-6,8-9H,13H2,1-3H3. The lowest BCUT2D eigenvalue weighted by Gasteiger charge is -2.18. The molecule has 78 valence electrons. The predicted molar refractivity (Wildman–Crippen MR) is 59.9 cm³/mol. The molecule has 14 heavy (non-hydrogen) atoms. The number of halogens is 1. The molecular formula is C11H16ClNO. The van der Waals surface area contributed by atoms with Crippen LogP contribution in [0.5, 0.6) is 5.75 Å². The zero-order chi connectivity index (χ0) is 10.7. The summed E-state index contributed by atoms with van der Waals surface area (Å²) in [6.45, 7) is 5.83. The third-order valence-electron chi connectivity index (χ3n) is 2.19. The summed E-state index contributed by atoms with van der Waals surface area (Å²) >= 11 is 5.90. The van der Waals surface area contributed by atoms with Gasteiger partial charge in [0.1, 0.15) is 11.9 Å². The minimum Gasteiger partial charge on any atom is -0.489 e. The molecule has 2 unspecified atom stereocenters. The van der Waals surface area contributed by atoms with E-state index in [9.17, 15) is 0 Å². The Morgan fingerprint density at radius 1 is 1.36 bits per heavy atom. The van der Waals surface area contributed by atoms with Crippen LogP contribution in [0.4, 0.5) is 0 Å². The zero-order valence-corrected chi connectivity index (χ0v) is 9.51. The Morgan fingerprint density at radius 2 is 2.00 bits per heavy atom. The monoisotopic (exact) mass is 213 g/mol. The lowest BCUT2D eigenvalue weighted by molar-refractivity contribution is 0.196. The minimum atomic E-state index is 0.00979. The Kier molecular flexibility index (Phi) is 3.78. The van der Waals surface area contributed by atoms with Gasteiger partial charge in [-0.15, -0.1) is 0 Å². The molecule has 0 amide bonds. The van der Waals surface area contributed by atoms with E-state index in [0.29, 0.717) is 0 Å². The van der Waals surface area contributed by atoms with Crippen molar-refractivity contribution in [3.63, 3.8) is 0 Å². The second kappa shape index (κ2) is 4.67. The van der Waals surface area contributed by atoms with E-state index in [1.54, 1.807) is 0 Å². The van der Waals surface area contributed by atoms with E-state index in [0.717, 1.165) is 16.3 Å². The Morgan fingerprint density at radius 3 is 2.50 bits per heavy atom. The highest BCUT2D eigenvalue weighted by Crippen LogP contribution is 2.22. The van der Waals surface area contributed by atoms with Gasteiger partial charge in [0.2, 0.25) is 0 Å². The van der Waals surface area contributed by atoms with E-state index in [-0.39, 0.29) is 12.1 Å². The number of hydrogen-bond acceptors (Lipinski definition) is 2.